The molecule has 0 saturated carbocycles. The smallest absolute Gasteiger partial charge is 0.366 e. The highest BCUT2D eigenvalue weighted by Crippen LogP contribution is 2.33. The first kappa shape index (κ1) is 19.6. The predicted molar refractivity (Wildman–Crippen MR) is 100 cm³/mol. The van der Waals surface area contributed by atoms with Crippen LogP contribution in [0.2, 0.25) is 0 Å². The van der Waals surface area contributed by atoms with Crippen LogP contribution in [-0.4, -0.2) is 16.8 Å². The average Bonchev–Trinajstić information content (AvgIpc) is 3.11. The lowest BCUT2D eigenvalue weighted by Crippen LogP contribution is -2.19. The van der Waals surface area contributed by atoms with Crippen LogP contribution in [0.25, 0.3) is 10.6 Å². The molecule has 144 valence electrons. The molecule has 28 heavy (non-hydrogen) atoms. The van der Waals surface area contributed by atoms with E-state index in [1.807, 2.05) is 0 Å². The van der Waals surface area contributed by atoms with Crippen LogP contribution in [0.3, 0.4) is 0 Å². The van der Waals surface area contributed by atoms with Crippen LogP contribution < -0.4 is 11.1 Å². The maximum absolute atomic E-state index is 12.9. The van der Waals surface area contributed by atoms with Gasteiger partial charge < -0.3 is 11.1 Å². The summed E-state index contributed by atoms with van der Waals surface area (Å²) in [5.41, 5.74) is 5.88. The molecular formula is C19H14F3N3O2S. The highest BCUT2D eigenvalue weighted by atomic mass is 32.1. The third kappa shape index (κ3) is 4.04. The molecule has 9 heteroatoms. The molecule has 0 spiro atoms. The lowest BCUT2D eigenvalue weighted by Gasteiger charge is -2.10. The van der Waals surface area contributed by atoms with E-state index in [0.29, 0.717) is 5.56 Å². The molecular weight excluding hydrogens is 391 g/mol. The first-order valence-electron chi connectivity index (χ1n) is 8.00. The van der Waals surface area contributed by atoms with E-state index in [-0.39, 0.29) is 27.5 Å². The number of aryl methyl sites for hydroxylation is 1. The van der Waals surface area contributed by atoms with Crippen LogP contribution >= 0.6 is 11.3 Å². The van der Waals surface area contributed by atoms with E-state index in [9.17, 15) is 22.8 Å². The summed E-state index contributed by atoms with van der Waals surface area (Å²) in [6.45, 7) is 1.68. The van der Waals surface area contributed by atoms with Crippen molar-refractivity contribution in [2.75, 3.05) is 5.32 Å². The number of thiazole rings is 1. The van der Waals surface area contributed by atoms with Gasteiger partial charge in [0.05, 0.1) is 16.8 Å². The van der Waals surface area contributed by atoms with Crippen LogP contribution in [0.5, 0.6) is 0 Å². The summed E-state index contributed by atoms with van der Waals surface area (Å²) < 4.78 is 38.6. The number of nitrogens with one attached hydrogen (secondary N) is 1. The monoisotopic (exact) mass is 405 g/mol. The van der Waals surface area contributed by atoms with Crippen LogP contribution in [0.1, 0.15) is 32.0 Å². The number of benzene rings is 2. The number of halogens is 3. The van der Waals surface area contributed by atoms with E-state index < -0.39 is 23.6 Å². The van der Waals surface area contributed by atoms with Crippen LogP contribution in [0.4, 0.5) is 18.9 Å². The Morgan fingerprint density at radius 1 is 1.14 bits per heavy atom. The van der Waals surface area contributed by atoms with Crippen molar-refractivity contribution in [2.45, 2.75) is 13.1 Å². The van der Waals surface area contributed by atoms with Crippen molar-refractivity contribution in [3.05, 3.63) is 70.2 Å². The quantitative estimate of drug-likeness (QED) is 0.671. The summed E-state index contributed by atoms with van der Waals surface area (Å²) in [6, 6.07) is 9.59. The standard InChI is InChI=1S/C19H14F3N3O2S/c1-10-4-2-7-13(15(10)16(23)26)24-17(27)14-9-28-18(25-14)11-5-3-6-12(8-11)19(20,21)22/h2-9H,1H3,(H2,23,26)(H,24,27). The van der Waals surface area contributed by atoms with Gasteiger partial charge in [-0.3, -0.25) is 9.59 Å². The topological polar surface area (TPSA) is 85.1 Å². The second kappa shape index (κ2) is 7.43. The van der Waals surface area contributed by atoms with Gasteiger partial charge in [0.15, 0.2) is 0 Å². The molecule has 0 bridgehead atoms. The normalized spacial score (nSPS) is 11.3. The molecule has 5 nitrogen and oxygen atoms in total. The molecule has 0 unspecified atom stereocenters. The van der Waals surface area contributed by atoms with Gasteiger partial charge in [0.1, 0.15) is 10.7 Å². The molecule has 3 N–H and O–H groups in total. The number of rotatable bonds is 4. The van der Waals surface area contributed by atoms with Crippen LogP contribution in [0, 0.1) is 6.92 Å². The molecule has 1 aromatic heterocycles. The van der Waals surface area contributed by atoms with E-state index >= 15 is 0 Å². The van der Waals surface area contributed by atoms with Crippen molar-refractivity contribution in [3.63, 3.8) is 0 Å². The molecule has 0 aliphatic heterocycles. The molecule has 3 aromatic rings. The molecule has 1 heterocycles. The Hall–Kier alpha value is -3.20. The van der Waals surface area contributed by atoms with Crippen molar-refractivity contribution >= 4 is 28.8 Å². The number of hydrogen-bond donors (Lipinski definition) is 2. The fourth-order valence-electron chi connectivity index (χ4n) is 2.62. The maximum Gasteiger partial charge on any atom is 0.416 e. The minimum absolute atomic E-state index is 0.0225. The van der Waals surface area contributed by atoms with Gasteiger partial charge in [0.2, 0.25) is 0 Å². The second-order valence-electron chi connectivity index (χ2n) is 5.93. The zero-order valence-electron chi connectivity index (χ0n) is 14.5. The van der Waals surface area contributed by atoms with Gasteiger partial charge in [-0.2, -0.15) is 13.2 Å². The second-order valence-corrected chi connectivity index (χ2v) is 6.79. The van der Waals surface area contributed by atoms with Crippen LogP contribution in [0.15, 0.2) is 47.8 Å². The molecule has 0 aliphatic rings. The molecule has 2 aromatic carbocycles. The molecule has 3 rings (SSSR count). The van der Waals surface area contributed by atoms with Gasteiger partial charge in [-0.15, -0.1) is 11.3 Å². The fraction of sp³-hybridized carbons (Fsp3) is 0.105. The summed E-state index contributed by atoms with van der Waals surface area (Å²) in [6.07, 6.45) is -4.47. The van der Waals surface area contributed by atoms with Gasteiger partial charge in [0, 0.05) is 10.9 Å². The van der Waals surface area contributed by atoms with Crippen molar-refractivity contribution in [1.82, 2.24) is 4.98 Å². The molecule has 0 aliphatic carbocycles. The summed E-state index contributed by atoms with van der Waals surface area (Å²) in [5, 5.41) is 4.28. The van der Waals surface area contributed by atoms with E-state index in [4.69, 9.17) is 5.73 Å². The SMILES string of the molecule is Cc1cccc(NC(=O)c2csc(-c3cccc(C(F)(F)F)c3)n2)c1C(N)=O. The zero-order chi connectivity index (χ0) is 20.5. The minimum Gasteiger partial charge on any atom is -0.366 e. The minimum atomic E-state index is -4.47. The van der Waals surface area contributed by atoms with Gasteiger partial charge in [-0.1, -0.05) is 24.3 Å². The first-order valence-corrected chi connectivity index (χ1v) is 8.88. The number of amides is 2. The number of carbonyl (C=O) groups is 2. The molecule has 0 fully saturated rings. The zero-order valence-corrected chi connectivity index (χ0v) is 15.3. The van der Waals surface area contributed by atoms with Crippen molar-refractivity contribution < 1.29 is 22.8 Å². The van der Waals surface area contributed by atoms with Gasteiger partial charge in [-0.05, 0) is 30.7 Å². The number of hydrogen-bond acceptors (Lipinski definition) is 4. The highest BCUT2D eigenvalue weighted by molar-refractivity contribution is 7.13. The Morgan fingerprint density at radius 3 is 2.54 bits per heavy atom. The van der Waals surface area contributed by atoms with E-state index in [2.05, 4.69) is 10.3 Å². The Morgan fingerprint density at radius 2 is 1.86 bits per heavy atom. The highest BCUT2D eigenvalue weighted by Gasteiger charge is 2.30. The summed E-state index contributed by atoms with van der Waals surface area (Å²) in [4.78, 5) is 28.2. The number of nitrogens with two attached hydrogens (primary N) is 1. The van der Waals surface area contributed by atoms with Gasteiger partial charge in [-0.25, -0.2) is 4.98 Å². The van der Waals surface area contributed by atoms with Crippen LogP contribution in [-0.2, 0) is 6.18 Å². The van der Waals surface area contributed by atoms with Crippen molar-refractivity contribution in [3.8, 4) is 10.6 Å². The Balaban J connectivity index is 1.87. The fourth-order valence-corrected chi connectivity index (χ4v) is 3.42. The molecule has 0 saturated heterocycles. The van der Waals surface area contributed by atoms with E-state index in [1.54, 1.807) is 19.1 Å². The molecule has 0 atom stereocenters. The number of alkyl halides is 3. The van der Waals surface area contributed by atoms with E-state index in [1.165, 1.54) is 23.6 Å². The summed E-state index contributed by atoms with van der Waals surface area (Å²) in [7, 11) is 0. The Labute approximate surface area is 162 Å². The Bertz CT molecular complexity index is 1060. The number of anilines is 1. The summed E-state index contributed by atoms with van der Waals surface area (Å²) in [5.74, 6) is -1.28. The molecule has 0 radical (unpaired) electrons. The third-order valence-corrected chi connectivity index (χ3v) is 4.83. The first-order chi connectivity index (χ1) is 13.2. The number of primary amides is 1. The number of carbonyl (C=O) groups excluding carboxylic acids is 2. The lowest BCUT2D eigenvalue weighted by atomic mass is 10.1. The number of aromatic nitrogens is 1. The molecule has 2 amide bonds. The van der Waals surface area contributed by atoms with Gasteiger partial charge >= 0.3 is 6.18 Å². The predicted octanol–water partition coefficient (Wildman–Crippen LogP) is 4.49. The Kier molecular flexibility index (Phi) is 5.19. The van der Waals surface area contributed by atoms with Gasteiger partial charge in [0.25, 0.3) is 11.8 Å². The lowest BCUT2D eigenvalue weighted by molar-refractivity contribution is -0.137. The summed E-state index contributed by atoms with van der Waals surface area (Å²) >= 11 is 1.04. The third-order valence-electron chi connectivity index (χ3n) is 3.94. The van der Waals surface area contributed by atoms with Crippen molar-refractivity contribution in [1.29, 1.82) is 0 Å². The average molecular weight is 405 g/mol. The van der Waals surface area contributed by atoms with Crippen molar-refractivity contribution in [2.24, 2.45) is 5.73 Å². The number of nitrogens with zero attached hydrogens (tertiary/aromatic N) is 1. The largest absolute Gasteiger partial charge is 0.416 e. The van der Waals surface area contributed by atoms with E-state index in [0.717, 1.165) is 23.5 Å². The maximum atomic E-state index is 12.9.